The van der Waals surface area contributed by atoms with Gasteiger partial charge in [0.2, 0.25) is 0 Å². The van der Waals surface area contributed by atoms with E-state index in [0.29, 0.717) is 5.82 Å². The average Bonchev–Trinajstić information content (AvgIpc) is 3.17. The fourth-order valence-corrected chi connectivity index (χ4v) is 4.43. The van der Waals surface area contributed by atoms with Crippen LogP contribution in [-0.2, 0) is 24.7 Å². The van der Waals surface area contributed by atoms with Gasteiger partial charge in [0.1, 0.15) is 18.2 Å². The molecule has 3 aromatic carbocycles. The van der Waals surface area contributed by atoms with Gasteiger partial charge in [-0.05, 0) is 53.4 Å². The molecule has 6 heteroatoms. The molecule has 0 aliphatic carbocycles. The van der Waals surface area contributed by atoms with Crippen molar-refractivity contribution in [3.8, 4) is 11.1 Å². The molecule has 170 valence electrons. The highest BCUT2D eigenvalue weighted by molar-refractivity contribution is 5.96. The van der Waals surface area contributed by atoms with Crippen LogP contribution in [0.4, 0.5) is 5.82 Å². The van der Waals surface area contributed by atoms with Crippen LogP contribution in [0.1, 0.15) is 11.4 Å². The number of pyridine rings is 1. The number of anilines is 1. The van der Waals surface area contributed by atoms with Crippen molar-refractivity contribution in [1.82, 2.24) is 14.5 Å². The number of hydrogen-bond acceptors (Lipinski definition) is 4. The average molecular weight is 451 g/mol. The van der Waals surface area contributed by atoms with Crippen LogP contribution in [0, 0.1) is 0 Å². The topological polar surface area (TPSA) is 71.2 Å². The van der Waals surface area contributed by atoms with E-state index >= 15 is 0 Å². The van der Waals surface area contributed by atoms with Crippen LogP contribution >= 0.6 is 0 Å². The first-order chi connectivity index (χ1) is 16.5. The summed E-state index contributed by atoms with van der Waals surface area (Å²) >= 11 is 0. The maximum Gasteiger partial charge on any atom is 0.323 e. The number of para-hydroxylation sites is 2. The van der Waals surface area contributed by atoms with E-state index in [1.165, 1.54) is 5.56 Å². The van der Waals surface area contributed by atoms with Gasteiger partial charge in [-0.15, -0.1) is 0 Å². The first-order valence-electron chi connectivity index (χ1n) is 11.3. The quantitative estimate of drug-likeness (QED) is 0.374. The molecule has 2 aromatic heterocycles. The van der Waals surface area contributed by atoms with Gasteiger partial charge in [0.05, 0.1) is 16.6 Å². The monoisotopic (exact) mass is 450 g/mol. The number of aliphatic carboxylic acids is 1. The molecule has 0 saturated heterocycles. The van der Waals surface area contributed by atoms with Crippen LogP contribution in [0.15, 0.2) is 78.9 Å². The predicted molar refractivity (Wildman–Crippen MR) is 136 cm³/mol. The van der Waals surface area contributed by atoms with Gasteiger partial charge >= 0.3 is 5.97 Å². The first kappa shape index (κ1) is 21.6. The lowest BCUT2D eigenvalue weighted by Gasteiger charge is -2.18. The molecule has 0 radical (unpaired) electrons. The Bertz CT molecular complexity index is 1490. The summed E-state index contributed by atoms with van der Waals surface area (Å²) in [6.07, 6.45) is 1.70. The zero-order chi connectivity index (χ0) is 23.7. The van der Waals surface area contributed by atoms with Crippen molar-refractivity contribution in [2.24, 2.45) is 7.05 Å². The van der Waals surface area contributed by atoms with Crippen LogP contribution in [0.25, 0.3) is 33.1 Å². The highest BCUT2D eigenvalue weighted by Gasteiger charge is 2.14. The normalized spacial score (nSPS) is 11.2. The number of aromatic nitrogens is 3. The molecule has 0 amide bonds. The van der Waals surface area contributed by atoms with Crippen LogP contribution in [0.5, 0.6) is 0 Å². The fraction of sp³-hybridized carbons (Fsp3) is 0.179. The van der Waals surface area contributed by atoms with Gasteiger partial charge < -0.3 is 14.6 Å². The number of carboxylic acid groups (broad SMARTS) is 1. The summed E-state index contributed by atoms with van der Waals surface area (Å²) in [6, 6.07) is 26.7. The fourth-order valence-electron chi connectivity index (χ4n) is 4.43. The third kappa shape index (κ3) is 4.22. The van der Waals surface area contributed by atoms with Gasteiger partial charge in [0.25, 0.3) is 0 Å². The molecule has 6 nitrogen and oxygen atoms in total. The summed E-state index contributed by atoms with van der Waals surface area (Å²) in [6.45, 7) is -0.108. The summed E-state index contributed by atoms with van der Waals surface area (Å²) < 4.78 is 2.16. The Hall–Kier alpha value is -4.19. The second kappa shape index (κ2) is 8.98. The molecule has 0 atom stereocenters. The maximum absolute atomic E-state index is 11.2. The molecular formula is C28H26N4O2. The Balaban J connectivity index is 1.52. The molecule has 5 rings (SSSR count). The molecule has 0 fully saturated rings. The molecular weight excluding hydrogens is 424 g/mol. The number of benzene rings is 3. The second-order valence-corrected chi connectivity index (χ2v) is 8.57. The lowest BCUT2D eigenvalue weighted by atomic mass is 9.98. The van der Waals surface area contributed by atoms with E-state index in [1.54, 1.807) is 11.9 Å². The second-order valence-electron chi connectivity index (χ2n) is 8.57. The number of carbonyl (C=O) groups is 1. The van der Waals surface area contributed by atoms with Crippen molar-refractivity contribution in [2.45, 2.75) is 12.8 Å². The minimum Gasteiger partial charge on any atom is -0.480 e. The van der Waals surface area contributed by atoms with Crippen molar-refractivity contribution in [1.29, 1.82) is 0 Å². The largest absolute Gasteiger partial charge is 0.480 e. The maximum atomic E-state index is 11.2. The van der Waals surface area contributed by atoms with Crippen molar-refractivity contribution >= 4 is 33.7 Å². The molecule has 34 heavy (non-hydrogen) atoms. The molecule has 1 N–H and O–H groups in total. The molecule has 0 bridgehead atoms. The highest BCUT2D eigenvalue weighted by Crippen LogP contribution is 2.32. The summed E-state index contributed by atoms with van der Waals surface area (Å²) in [7, 11) is 3.82. The zero-order valence-corrected chi connectivity index (χ0v) is 19.3. The van der Waals surface area contributed by atoms with Crippen molar-refractivity contribution in [2.75, 3.05) is 18.5 Å². The van der Waals surface area contributed by atoms with Crippen LogP contribution in [-0.4, -0.2) is 39.2 Å². The Morgan fingerprint density at radius 2 is 1.68 bits per heavy atom. The highest BCUT2D eigenvalue weighted by atomic mass is 16.4. The van der Waals surface area contributed by atoms with Gasteiger partial charge in [-0.2, -0.15) is 0 Å². The Kier molecular flexibility index (Phi) is 5.72. The summed E-state index contributed by atoms with van der Waals surface area (Å²) in [5.41, 5.74) is 6.34. The Labute approximate surface area is 198 Å². The van der Waals surface area contributed by atoms with E-state index in [0.717, 1.165) is 51.7 Å². The predicted octanol–water partition coefficient (Wildman–Crippen LogP) is 5.09. The number of likely N-dealkylation sites (N-methyl/N-ethyl adjacent to an activating group) is 1. The lowest BCUT2D eigenvalue weighted by Crippen LogP contribution is -2.26. The van der Waals surface area contributed by atoms with Crippen LogP contribution in [0.3, 0.4) is 0 Å². The van der Waals surface area contributed by atoms with Gasteiger partial charge in [0, 0.05) is 25.9 Å². The van der Waals surface area contributed by atoms with Crippen LogP contribution in [0.2, 0.25) is 0 Å². The molecule has 0 spiro atoms. The Morgan fingerprint density at radius 3 is 2.44 bits per heavy atom. The van der Waals surface area contributed by atoms with E-state index in [4.69, 9.17) is 9.97 Å². The van der Waals surface area contributed by atoms with Crippen LogP contribution < -0.4 is 4.90 Å². The van der Waals surface area contributed by atoms with Crippen molar-refractivity contribution < 1.29 is 9.90 Å². The van der Waals surface area contributed by atoms with Gasteiger partial charge in [-0.1, -0.05) is 48.5 Å². The van der Waals surface area contributed by atoms with E-state index < -0.39 is 5.97 Å². The number of fused-ring (bicyclic) bond motifs is 2. The SMILES string of the molecule is CN(CC(=O)O)c1cc(-c2ccccc2)c2cc(CCc3nc4ccccc4n3C)ccc2n1. The summed E-state index contributed by atoms with van der Waals surface area (Å²) in [5.74, 6) is 0.817. The van der Waals surface area contributed by atoms with Crippen molar-refractivity contribution in [3.63, 3.8) is 0 Å². The first-order valence-corrected chi connectivity index (χ1v) is 11.3. The third-order valence-electron chi connectivity index (χ3n) is 6.22. The number of carboxylic acids is 1. The number of imidazole rings is 1. The van der Waals surface area contributed by atoms with Gasteiger partial charge in [-0.25, -0.2) is 9.97 Å². The third-order valence-corrected chi connectivity index (χ3v) is 6.22. The summed E-state index contributed by atoms with van der Waals surface area (Å²) in [4.78, 5) is 22.5. The minimum atomic E-state index is -0.886. The van der Waals surface area contributed by atoms with E-state index in [-0.39, 0.29) is 6.54 Å². The lowest BCUT2D eigenvalue weighted by molar-refractivity contribution is -0.135. The molecule has 0 aliphatic rings. The van der Waals surface area contributed by atoms with Crippen molar-refractivity contribution in [3.05, 3.63) is 90.3 Å². The number of aryl methyl sites for hydroxylation is 3. The number of hydrogen-bond donors (Lipinski definition) is 1. The van der Waals surface area contributed by atoms with Gasteiger partial charge in [0.15, 0.2) is 0 Å². The Morgan fingerprint density at radius 1 is 0.912 bits per heavy atom. The molecule has 2 heterocycles. The van der Waals surface area contributed by atoms with E-state index in [2.05, 4.69) is 41.9 Å². The molecule has 0 unspecified atom stereocenters. The van der Waals surface area contributed by atoms with Gasteiger partial charge in [-0.3, -0.25) is 4.79 Å². The number of rotatable bonds is 7. The number of nitrogens with zero attached hydrogens (tertiary/aromatic N) is 4. The standard InChI is InChI=1S/C28H26N4O2/c1-31(18-28(33)34)27-17-21(20-8-4-3-5-9-20)22-16-19(12-14-23(22)29-27)13-15-26-30-24-10-6-7-11-25(24)32(26)2/h3-12,14,16-17H,13,15,18H2,1-2H3,(H,33,34). The zero-order valence-electron chi connectivity index (χ0n) is 19.3. The molecule has 0 saturated carbocycles. The molecule has 0 aliphatic heterocycles. The summed E-state index contributed by atoms with van der Waals surface area (Å²) in [5, 5.41) is 10.3. The molecule has 5 aromatic rings. The smallest absolute Gasteiger partial charge is 0.323 e. The van der Waals surface area contributed by atoms with E-state index in [9.17, 15) is 9.90 Å². The minimum absolute atomic E-state index is 0.108. The van der Waals surface area contributed by atoms with E-state index in [1.807, 2.05) is 48.5 Å².